The van der Waals surface area contributed by atoms with Crippen LogP contribution in [0.25, 0.3) is 0 Å². The molecule has 3 aliphatic heterocycles. The van der Waals surface area contributed by atoms with Crippen molar-refractivity contribution in [2.75, 3.05) is 26.2 Å². The Balaban J connectivity index is 1.69. The van der Waals surface area contributed by atoms with Gasteiger partial charge in [0, 0.05) is 19.1 Å². The van der Waals surface area contributed by atoms with E-state index in [0.717, 1.165) is 22.8 Å². The topological polar surface area (TPSA) is 19.6 Å². The monoisotopic (exact) mass is 284 g/mol. The predicted octanol–water partition coefficient (Wildman–Crippen LogP) is 2.32. The second-order valence-corrected chi connectivity index (χ2v) is 5.69. The largest absolute Gasteiger partial charge is 0.467 e. The lowest BCUT2D eigenvalue weighted by molar-refractivity contribution is 0.166. The van der Waals surface area contributed by atoms with Crippen LogP contribution in [0.4, 0.5) is 0 Å². The molecule has 0 spiro atoms. The maximum atomic E-state index is 5.51. The number of nitrogens with zero attached hydrogens (tertiary/aromatic N) is 2. The van der Waals surface area contributed by atoms with Gasteiger partial charge in [-0.2, -0.15) is 0 Å². The number of rotatable bonds is 2. The van der Waals surface area contributed by atoms with Gasteiger partial charge in [-0.3, -0.25) is 4.90 Å². The van der Waals surface area contributed by atoms with Gasteiger partial charge in [-0.15, -0.1) is 0 Å². The highest BCUT2D eigenvalue weighted by atomic mass is 79.9. The number of fused-ring (bicyclic) bond motifs is 4. The van der Waals surface area contributed by atoms with Crippen molar-refractivity contribution in [3.05, 3.63) is 22.6 Å². The molecule has 88 valence electrons. The van der Waals surface area contributed by atoms with Crippen LogP contribution in [0.2, 0.25) is 0 Å². The highest BCUT2D eigenvalue weighted by Gasteiger charge is 2.29. The Morgan fingerprint density at radius 1 is 1.25 bits per heavy atom. The van der Waals surface area contributed by atoms with Crippen molar-refractivity contribution in [2.24, 2.45) is 0 Å². The summed E-state index contributed by atoms with van der Waals surface area (Å²) in [5.74, 6) is 1.08. The zero-order chi connectivity index (χ0) is 11.0. The van der Waals surface area contributed by atoms with Crippen molar-refractivity contribution in [2.45, 2.75) is 25.4 Å². The van der Waals surface area contributed by atoms with Crippen molar-refractivity contribution < 1.29 is 4.42 Å². The van der Waals surface area contributed by atoms with E-state index in [1.165, 1.54) is 39.0 Å². The second-order valence-electron chi connectivity index (χ2n) is 4.77. The number of piperidine rings is 1. The third kappa shape index (κ3) is 2.19. The summed E-state index contributed by atoms with van der Waals surface area (Å²) in [4.78, 5) is 5.16. The summed E-state index contributed by atoms with van der Waals surface area (Å²) < 4.78 is 6.56. The van der Waals surface area contributed by atoms with Crippen LogP contribution < -0.4 is 0 Å². The van der Waals surface area contributed by atoms with Gasteiger partial charge in [0.05, 0.1) is 11.0 Å². The first kappa shape index (κ1) is 10.8. The van der Waals surface area contributed by atoms with E-state index < -0.39 is 0 Å². The Labute approximate surface area is 105 Å². The minimum atomic E-state index is 0.766. The lowest BCUT2D eigenvalue weighted by Crippen LogP contribution is -2.37. The molecule has 3 fully saturated rings. The van der Waals surface area contributed by atoms with Crippen molar-refractivity contribution in [3.63, 3.8) is 0 Å². The highest BCUT2D eigenvalue weighted by Crippen LogP contribution is 2.23. The van der Waals surface area contributed by atoms with Crippen LogP contribution >= 0.6 is 15.9 Å². The van der Waals surface area contributed by atoms with E-state index in [1.54, 1.807) is 6.26 Å². The molecule has 4 heteroatoms. The Bertz CT molecular complexity index is 358. The zero-order valence-corrected chi connectivity index (χ0v) is 10.9. The molecule has 4 heterocycles. The van der Waals surface area contributed by atoms with Gasteiger partial charge in [0.25, 0.3) is 0 Å². The van der Waals surface area contributed by atoms with E-state index >= 15 is 0 Å². The first-order valence-corrected chi connectivity index (χ1v) is 6.80. The molecule has 0 aliphatic carbocycles. The molecule has 4 rings (SSSR count). The van der Waals surface area contributed by atoms with E-state index in [-0.39, 0.29) is 0 Å². The summed E-state index contributed by atoms with van der Waals surface area (Å²) >= 11 is 3.43. The molecule has 3 saturated heterocycles. The van der Waals surface area contributed by atoms with Crippen molar-refractivity contribution in [1.82, 2.24) is 9.80 Å². The maximum absolute atomic E-state index is 5.51. The van der Waals surface area contributed by atoms with E-state index in [1.807, 2.05) is 0 Å². The fourth-order valence-electron chi connectivity index (χ4n) is 2.81. The van der Waals surface area contributed by atoms with Gasteiger partial charge >= 0.3 is 0 Å². The summed E-state index contributed by atoms with van der Waals surface area (Å²) in [6, 6.07) is 2.85. The number of halogens is 1. The van der Waals surface area contributed by atoms with E-state index in [0.29, 0.717) is 0 Å². The minimum absolute atomic E-state index is 0.766. The SMILES string of the molecule is Brc1coc(CN2CCN3CCC2CC3)c1. The Kier molecular flexibility index (Phi) is 3.05. The molecule has 16 heavy (non-hydrogen) atoms. The Morgan fingerprint density at radius 3 is 2.75 bits per heavy atom. The van der Waals surface area contributed by atoms with Crippen molar-refractivity contribution in [1.29, 1.82) is 0 Å². The lowest BCUT2D eigenvalue weighted by atomic mass is 10.1. The van der Waals surface area contributed by atoms with Crippen molar-refractivity contribution in [3.8, 4) is 0 Å². The molecule has 0 radical (unpaired) electrons. The summed E-state index contributed by atoms with van der Waals surface area (Å²) in [6.07, 6.45) is 4.41. The molecule has 0 saturated carbocycles. The molecule has 0 unspecified atom stereocenters. The van der Waals surface area contributed by atoms with Crippen LogP contribution in [-0.2, 0) is 6.54 Å². The molecule has 3 aliphatic rings. The quantitative estimate of drug-likeness (QED) is 0.831. The van der Waals surface area contributed by atoms with Gasteiger partial charge < -0.3 is 9.32 Å². The smallest absolute Gasteiger partial charge is 0.118 e. The number of hydrogen-bond donors (Lipinski definition) is 0. The van der Waals surface area contributed by atoms with Crippen LogP contribution in [0.5, 0.6) is 0 Å². The molecule has 1 aromatic heterocycles. The maximum Gasteiger partial charge on any atom is 0.118 e. The van der Waals surface area contributed by atoms with Gasteiger partial charge in [-0.1, -0.05) is 0 Å². The Morgan fingerprint density at radius 2 is 2.06 bits per heavy atom. The number of hydrogen-bond acceptors (Lipinski definition) is 3. The average molecular weight is 285 g/mol. The molecular formula is C12H17BrN2O. The average Bonchev–Trinajstić information content (AvgIpc) is 2.51. The van der Waals surface area contributed by atoms with Gasteiger partial charge in [0.15, 0.2) is 0 Å². The zero-order valence-electron chi connectivity index (χ0n) is 9.36. The molecular weight excluding hydrogens is 268 g/mol. The van der Waals surface area contributed by atoms with Gasteiger partial charge in [-0.05, 0) is 47.9 Å². The van der Waals surface area contributed by atoms with Crippen LogP contribution in [0.3, 0.4) is 0 Å². The second kappa shape index (κ2) is 4.51. The van der Waals surface area contributed by atoms with Crippen LogP contribution in [-0.4, -0.2) is 42.0 Å². The first-order chi connectivity index (χ1) is 7.81. The normalized spacial score (nSPS) is 30.6. The van der Waals surface area contributed by atoms with Gasteiger partial charge in [0.1, 0.15) is 12.0 Å². The molecule has 2 bridgehead atoms. The van der Waals surface area contributed by atoms with E-state index in [4.69, 9.17) is 4.42 Å². The van der Waals surface area contributed by atoms with Crippen molar-refractivity contribution >= 4 is 15.9 Å². The summed E-state index contributed by atoms with van der Waals surface area (Å²) in [7, 11) is 0. The summed E-state index contributed by atoms with van der Waals surface area (Å²) in [6.45, 7) is 5.93. The standard InChI is InChI=1S/C12H17BrN2O/c13-10-7-12(16-9-10)8-15-6-5-14-3-1-11(15)2-4-14/h7,9,11H,1-6,8H2. The fraction of sp³-hybridized carbons (Fsp3) is 0.667. The lowest BCUT2D eigenvalue weighted by Gasteiger charge is -2.30. The molecule has 3 nitrogen and oxygen atoms in total. The highest BCUT2D eigenvalue weighted by molar-refractivity contribution is 9.10. The minimum Gasteiger partial charge on any atom is -0.467 e. The fourth-order valence-corrected chi connectivity index (χ4v) is 3.15. The van der Waals surface area contributed by atoms with Crippen LogP contribution in [0.1, 0.15) is 18.6 Å². The molecule has 0 N–H and O–H groups in total. The molecule has 1 aromatic rings. The van der Waals surface area contributed by atoms with Crippen LogP contribution in [0, 0.1) is 0 Å². The van der Waals surface area contributed by atoms with E-state index in [9.17, 15) is 0 Å². The first-order valence-electron chi connectivity index (χ1n) is 6.00. The van der Waals surface area contributed by atoms with E-state index in [2.05, 4.69) is 31.8 Å². The predicted molar refractivity (Wildman–Crippen MR) is 66.3 cm³/mol. The third-order valence-electron chi connectivity index (χ3n) is 3.76. The summed E-state index contributed by atoms with van der Waals surface area (Å²) in [5.41, 5.74) is 0. The number of furan rings is 1. The molecule has 0 amide bonds. The summed E-state index contributed by atoms with van der Waals surface area (Å²) in [5, 5.41) is 0. The molecule has 0 aromatic carbocycles. The van der Waals surface area contributed by atoms with Crippen LogP contribution in [0.15, 0.2) is 21.2 Å². The molecule has 0 atom stereocenters. The Hall–Kier alpha value is -0.320. The van der Waals surface area contributed by atoms with Gasteiger partial charge in [0.2, 0.25) is 0 Å². The third-order valence-corrected chi connectivity index (χ3v) is 4.17. The van der Waals surface area contributed by atoms with Gasteiger partial charge in [-0.25, -0.2) is 0 Å².